The second kappa shape index (κ2) is 9.38. The lowest BCUT2D eigenvalue weighted by atomic mass is 9.83. The zero-order valence-corrected chi connectivity index (χ0v) is 13.5. The quantitative estimate of drug-likeness (QED) is 0.674. The van der Waals surface area contributed by atoms with Crippen molar-refractivity contribution in [1.82, 2.24) is 5.32 Å². The Morgan fingerprint density at radius 2 is 1.80 bits per heavy atom. The average molecular weight is 283 g/mol. The van der Waals surface area contributed by atoms with Gasteiger partial charge in [0.1, 0.15) is 0 Å². The first kappa shape index (κ1) is 17.5. The molecule has 0 spiro atoms. The van der Waals surface area contributed by atoms with E-state index in [2.05, 4.69) is 26.1 Å². The Labute approximate surface area is 124 Å². The van der Waals surface area contributed by atoms with Crippen LogP contribution in [0.4, 0.5) is 0 Å². The fourth-order valence-corrected chi connectivity index (χ4v) is 3.42. The zero-order chi connectivity index (χ0) is 15.0. The van der Waals surface area contributed by atoms with E-state index in [1.165, 1.54) is 38.5 Å². The molecule has 0 aromatic carbocycles. The Bertz CT molecular complexity index is 272. The van der Waals surface area contributed by atoms with Gasteiger partial charge in [0.25, 0.3) is 0 Å². The predicted molar refractivity (Wildman–Crippen MR) is 83.8 cm³/mol. The summed E-state index contributed by atoms with van der Waals surface area (Å²) < 4.78 is 0. The van der Waals surface area contributed by atoms with Crippen LogP contribution in [0.1, 0.15) is 65.7 Å². The number of carboxylic acids is 1. The van der Waals surface area contributed by atoms with Gasteiger partial charge < -0.3 is 10.4 Å². The molecule has 1 saturated carbocycles. The molecule has 0 aliphatic heterocycles. The van der Waals surface area contributed by atoms with Gasteiger partial charge in [0.05, 0.1) is 5.92 Å². The van der Waals surface area contributed by atoms with Gasteiger partial charge in [-0.15, -0.1) is 0 Å². The second-order valence-electron chi connectivity index (χ2n) is 7.17. The Balaban J connectivity index is 2.18. The highest BCUT2D eigenvalue weighted by Crippen LogP contribution is 2.28. The zero-order valence-electron chi connectivity index (χ0n) is 13.5. The third-order valence-electron chi connectivity index (χ3n) is 4.45. The molecule has 0 radical (unpaired) electrons. The molecular weight excluding hydrogens is 250 g/mol. The molecule has 1 aliphatic carbocycles. The molecule has 118 valence electrons. The molecule has 0 heterocycles. The Kier molecular flexibility index (Phi) is 8.20. The number of aliphatic carboxylic acids is 1. The van der Waals surface area contributed by atoms with Crippen molar-refractivity contribution < 1.29 is 9.90 Å². The first-order valence-electron chi connectivity index (χ1n) is 8.42. The van der Waals surface area contributed by atoms with Gasteiger partial charge >= 0.3 is 5.97 Å². The van der Waals surface area contributed by atoms with E-state index >= 15 is 0 Å². The van der Waals surface area contributed by atoms with Crippen molar-refractivity contribution in [2.45, 2.75) is 65.7 Å². The lowest BCUT2D eigenvalue weighted by Gasteiger charge is -2.25. The summed E-state index contributed by atoms with van der Waals surface area (Å²) in [5, 5.41) is 12.6. The molecular formula is C17H33NO2. The van der Waals surface area contributed by atoms with E-state index in [4.69, 9.17) is 0 Å². The van der Waals surface area contributed by atoms with Crippen molar-refractivity contribution in [2.24, 2.45) is 23.7 Å². The highest BCUT2D eigenvalue weighted by atomic mass is 16.4. The Morgan fingerprint density at radius 1 is 1.15 bits per heavy atom. The standard InChI is InChI=1S/C17H33NO2/c1-13(2)9-16(17(19)20)12-18-11-14(3)10-15-7-5-4-6-8-15/h13-16,18H,4-12H2,1-3H3,(H,19,20). The fraction of sp³-hybridized carbons (Fsp3) is 0.941. The van der Waals surface area contributed by atoms with Crippen LogP contribution in [-0.2, 0) is 4.79 Å². The van der Waals surface area contributed by atoms with Crippen LogP contribution in [0.25, 0.3) is 0 Å². The van der Waals surface area contributed by atoms with Crippen molar-refractivity contribution >= 4 is 5.97 Å². The molecule has 1 aliphatic rings. The monoisotopic (exact) mass is 283 g/mol. The minimum atomic E-state index is -0.661. The minimum absolute atomic E-state index is 0.239. The molecule has 2 unspecified atom stereocenters. The number of hydrogen-bond acceptors (Lipinski definition) is 2. The van der Waals surface area contributed by atoms with Gasteiger partial charge in [0, 0.05) is 6.54 Å². The van der Waals surface area contributed by atoms with E-state index in [1.54, 1.807) is 0 Å². The van der Waals surface area contributed by atoms with Crippen molar-refractivity contribution in [3.05, 3.63) is 0 Å². The maximum absolute atomic E-state index is 11.2. The maximum atomic E-state index is 11.2. The van der Waals surface area contributed by atoms with Crippen LogP contribution in [0.15, 0.2) is 0 Å². The summed E-state index contributed by atoms with van der Waals surface area (Å²) in [4.78, 5) is 11.2. The average Bonchev–Trinajstić information content (AvgIpc) is 2.38. The van der Waals surface area contributed by atoms with Crippen LogP contribution >= 0.6 is 0 Å². The number of rotatable bonds is 9. The van der Waals surface area contributed by atoms with Crippen molar-refractivity contribution in [1.29, 1.82) is 0 Å². The van der Waals surface area contributed by atoms with Gasteiger partial charge in [-0.3, -0.25) is 4.79 Å². The van der Waals surface area contributed by atoms with E-state index in [9.17, 15) is 9.90 Å². The topological polar surface area (TPSA) is 49.3 Å². The molecule has 3 heteroatoms. The molecule has 3 nitrogen and oxygen atoms in total. The van der Waals surface area contributed by atoms with Crippen LogP contribution in [0.5, 0.6) is 0 Å². The molecule has 0 aromatic rings. The van der Waals surface area contributed by atoms with Crippen molar-refractivity contribution in [3.63, 3.8) is 0 Å². The second-order valence-corrected chi connectivity index (χ2v) is 7.17. The fourth-order valence-electron chi connectivity index (χ4n) is 3.42. The third-order valence-corrected chi connectivity index (χ3v) is 4.45. The molecule has 0 amide bonds. The Hall–Kier alpha value is -0.570. The Morgan fingerprint density at radius 3 is 2.35 bits per heavy atom. The van der Waals surface area contributed by atoms with Gasteiger partial charge in [0.15, 0.2) is 0 Å². The van der Waals surface area contributed by atoms with Gasteiger partial charge in [-0.1, -0.05) is 52.9 Å². The molecule has 2 atom stereocenters. The van der Waals surface area contributed by atoms with Gasteiger partial charge in [0.2, 0.25) is 0 Å². The highest BCUT2D eigenvalue weighted by Gasteiger charge is 2.20. The molecule has 1 rings (SSSR count). The van der Waals surface area contributed by atoms with Crippen molar-refractivity contribution in [3.8, 4) is 0 Å². The number of hydrogen-bond donors (Lipinski definition) is 2. The van der Waals surface area contributed by atoms with E-state index < -0.39 is 5.97 Å². The number of carboxylic acid groups (broad SMARTS) is 1. The van der Waals surface area contributed by atoms with Crippen LogP contribution < -0.4 is 5.32 Å². The van der Waals surface area contributed by atoms with E-state index in [-0.39, 0.29) is 5.92 Å². The van der Waals surface area contributed by atoms with Crippen LogP contribution in [0.2, 0.25) is 0 Å². The smallest absolute Gasteiger partial charge is 0.307 e. The molecule has 0 bridgehead atoms. The SMILES string of the molecule is CC(C)CC(CNCC(C)CC1CCCCC1)C(=O)O. The van der Waals surface area contributed by atoms with E-state index in [0.29, 0.717) is 18.4 Å². The lowest BCUT2D eigenvalue weighted by molar-refractivity contribution is -0.142. The van der Waals surface area contributed by atoms with Gasteiger partial charge in [-0.05, 0) is 37.1 Å². The molecule has 0 saturated heterocycles. The summed E-state index contributed by atoms with van der Waals surface area (Å²) in [5.74, 6) is 1.11. The van der Waals surface area contributed by atoms with Crippen LogP contribution in [0, 0.1) is 23.7 Å². The normalized spacial score (nSPS) is 20.0. The largest absolute Gasteiger partial charge is 0.481 e. The molecule has 2 N–H and O–H groups in total. The number of nitrogens with one attached hydrogen (secondary N) is 1. The summed E-state index contributed by atoms with van der Waals surface area (Å²) in [6.45, 7) is 8.03. The minimum Gasteiger partial charge on any atom is -0.481 e. The first-order chi connectivity index (χ1) is 9.49. The lowest BCUT2D eigenvalue weighted by Crippen LogP contribution is -2.32. The van der Waals surface area contributed by atoms with Gasteiger partial charge in [-0.25, -0.2) is 0 Å². The molecule has 20 heavy (non-hydrogen) atoms. The predicted octanol–water partition coefficient (Wildman–Crippen LogP) is 3.93. The molecule has 0 aromatic heterocycles. The maximum Gasteiger partial charge on any atom is 0.307 e. The highest BCUT2D eigenvalue weighted by molar-refractivity contribution is 5.70. The summed E-state index contributed by atoms with van der Waals surface area (Å²) in [7, 11) is 0. The summed E-state index contributed by atoms with van der Waals surface area (Å²) >= 11 is 0. The third kappa shape index (κ3) is 7.28. The number of carbonyl (C=O) groups is 1. The van der Waals surface area contributed by atoms with E-state index in [0.717, 1.165) is 18.9 Å². The summed E-state index contributed by atoms with van der Waals surface area (Å²) in [6, 6.07) is 0. The summed E-state index contributed by atoms with van der Waals surface area (Å²) in [6.07, 6.45) is 9.08. The van der Waals surface area contributed by atoms with Crippen LogP contribution in [0.3, 0.4) is 0 Å². The van der Waals surface area contributed by atoms with Gasteiger partial charge in [-0.2, -0.15) is 0 Å². The molecule has 1 fully saturated rings. The van der Waals surface area contributed by atoms with E-state index in [1.807, 2.05) is 0 Å². The van der Waals surface area contributed by atoms with Crippen LogP contribution in [-0.4, -0.2) is 24.2 Å². The summed E-state index contributed by atoms with van der Waals surface area (Å²) in [5.41, 5.74) is 0. The van der Waals surface area contributed by atoms with Crippen molar-refractivity contribution in [2.75, 3.05) is 13.1 Å². The first-order valence-corrected chi connectivity index (χ1v) is 8.42.